The van der Waals surface area contributed by atoms with Crippen molar-refractivity contribution in [2.45, 2.75) is 50.5 Å². The highest BCUT2D eigenvalue weighted by molar-refractivity contribution is 7.89. The highest BCUT2D eigenvalue weighted by Gasteiger charge is 2.36. The van der Waals surface area contributed by atoms with E-state index in [2.05, 4.69) is 0 Å². The molecule has 2 aliphatic heterocycles. The first-order valence-corrected chi connectivity index (χ1v) is 12.0. The monoisotopic (exact) mass is 428 g/mol. The van der Waals surface area contributed by atoms with E-state index in [1.165, 1.54) is 0 Å². The lowest BCUT2D eigenvalue weighted by Crippen LogP contribution is -2.34. The Hall–Kier alpha value is -2.38. The number of carbonyl (C=O) groups excluding carboxylic acids is 1. The molecule has 0 N–H and O–H groups in total. The van der Waals surface area contributed by atoms with Crippen molar-refractivity contribution in [1.29, 1.82) is 0 Å². The van der Waals surface area contributed by atoms with Gasteiger partial charge in [-0.2, -0.15) is 4.31 Å². The van der Waals surface area contributed by atoms with E-state index in [4.69, 9.17) is 4.74 Å². The third kappa shape index (κ3) is 3.84. The molecule has 160 valence electrons. The average Bonchev–Trinajstić information content (AvgIpc) is 3.24. The fourth-order valence-corrected chi connectivity index (χ4v) is 6.24. The first-order chi connectivity index (χ1) is 14.4. The molecule has 1 unspecified atom stereocenters. The third-order valence-corrected chi connectivity index (χ3v) is 7.84. The molecule has 0 radical (unpaired) electrons. The number of carbonyl (C=O) groups is 1. The van der Waals surface area contributed by atoms with E-state index in [-0.39, 0.29) is 11.9 Å². The maximum absolute atomic E-state index is 13.5. The fourth-order valence-electron chi connectivity index (χ4n) is 4.51. The number of amides is 1. The summed E-state index contributed by atoms with van der Waals surface area (Å²) in [6.45, 7) is 5.28. The molecule has 1 saturated heterocycles. The predicted molar refractivity (Wildman–Crippen MR) is 116 cm³/mol. The largest absolute Gasteiger partial charge is 0.494 e. The quantitative estimate of drug-likeness (QED) is 0.724. The molecule has 7 heteroatoms. The Labute approximate surface area is 178 Å². The van der Waals surface area contributed by atoms with Crippen LogP contribution in [0.1, 0.15) is 50.3 Å². The summed E-state index contributed by atoms with van der Waals surface area (Å²) in [6.07, 6.45) is 3.26. The van der Waals surface area contributed by atoms with Gasteiger partial charge in [-0.1, -0.05) is 12.1 Å². The molecule has 6 nitrogen and oxygen atoms in total. The molecule has 2 heterocycles. The second kappa shape index (κ2) is 8.40. The standard InChI is InChI=1S/C23H28N2O4S/c1-3-29-20-10-8-18(9-11-20)23-7-5-15-25(23)30(27,28)21-12-13-22-19(16-21)6-4-14-24(22)17(2)26/h8-13,16,23H,3-7,14-15H2,1-2H3. The summed E-state index contributed by atoms with van der Waals surface area (Å²) in [6, 6.07) is 12.7. The van der Waals surface area contributed by atoms with Gasteiger partial charge in [-0.05, 0) is 74.1 Å². The summed E-state index contributed by atoms with van der Waals surface area (Å²) >= 11 is 0. The number of rotatable bonds is 5. The maximum atomic E-state index is 13.5. The van der Waals surface area contributed by atoms with Crippen LogP contribution in [0.15, 0.2) is 47.4 Å². The Morgan fingerprint density at radius 1 is 1.10 bits per heavy atom. The van der Waals surface area contributed by atoms with Crippen LogP contribution in [0.3, 0.4) is 0 Å². The van der Waals surface area contributed by atoms with Gasteiger partial charge in [0.2, 0.25) is 15.9 Å². The predicted octanol–water partition coefficient (Wildman–Crippen LogP) is 3.91. The molecular formula is C23H28N2O4S. The van der Waals surface area contributed by atoms with Gasteiger partial charge in [-0.15, -0.1) is 0 Å². The second-order valence-corrected chi connectivity index (χ2v) is 9.73. The highest BCUT2D eigenvalue weighted by atomic mass is 32.2. The first-order valence-electron chi connectivity index (χ1n) is 10.6. The van der Waals surface area contributed by atoms with E-state index in [0.717, 1.165) is 48.2 Å². The highest BCUT2D eigenvalue weighted by Crippen LogP contribution is 2.38. The van der Waals surface area contributed by atoms with Gasteiger partial charge in [0.25, 0.3) is 0 Å². The van der Waals surface area contributed by atoms with Crippen LogP contribution in [0.5, 0.6) is 5.75 Å². The van der Waals surface area contributed by atoms with Gasteiger partial charge in [-0.3, -0.25) is 4.79 Å². The zero-order chi connectivity index (χ0) is 21.3. The van der Waals surface area contributed by atoms with E-state index in [1.54, 1.807) is 34.3 Å². The minimum Gasteiger partial charge on any atom is -0.494 e. The van der Waals surface area contributed by atoms with Gasteiger partial charge < -0.3 is 9.64 Å². The van der Waals surface area contributed by atoms with Crippen LogP contribution in [0, 0.1) is 0 Å². The molecule has 0 spiro atoms. The minimum atomic E-state index is -3.63. The number of hydrogen-bond acceptors (Lipinski definition) is 4. The molecule has 0 aromatic heterocycles. The van der Waals surface area contributed by atoms with Crippen molar-refractivity contribution in [2.75, 3.05) is 24.6 Å². The number of benzene rings is 2. The smallest absolute Gasteiger partial charge is 0.243 e. The Balaban J connectivity index is 1.63. The number of fused-ring (bicyclic) bond motifs is 1. The van der Waals surface area contributed by atoms with Crippen LogP contribution < -0.4 is 9.64 Å². The summed E-state index contributed by atoms with van der Waals surface area (Å²) in [5.41, 5.74) is 2.74. The topological polar surface area (TPSA) is 66.9 Å². The number of hydrogen-bond donors (Lipinski definition) is 0. The number of nitrogens with zero attached hydrogens (tertiary/aromatic N) is 2. The SMILES string of the molecule is CCOc1ccc(C2CCCN2S(=O)(=O)c2ccc3c(c2)CCCN3C(C)=O)cc1. The summed E-state index contributed by atoms with van der Waals surface area (Å²) in [7, 11) is -3.63. The molecule has 1 fully saturated rings. The molecule has 0 bridgehead atoms. The van der Waals surface area contributed by atoms with Crippen LogP contribution >= 0.6 is 0 Å². The van der Waals surface area contributed by atoms with Gasteiger partial charge in [0, 0.05) is 25.7 Å². The Kier molecular flexibility index (Phi) is 5.84. The van der Waals surface area contributed by atoms with Crippen LogP contribution in [-0.4, -0.2) is 38.3 Å². The summed E-state index contributed by atoms with van der Waals surface area (Å²) in [5.74, 6) is 0.778. The molecular weight excluding hydrogens is 400 g/mol. The molecule has 1 amide bonds. The number of ether oxygens (including phenoxy) is 1. The van der Waals surface area contributed by atoms with Crippen LogP contribution in [0.2, 0.25) is 0 Å². The van der Waals surface area contributed by atoms with Crippen molar-refractivity contribution < 1.29 is 17.9 Å². The Bertz CT molecular complexity index is 1030. The lowest BCUT2D eigenvalue weighted by molar-refractivity contribution is -0.116. The van der Waals surface area contributed by atoms with E-state index >= 15 is 0 Å². The minimum absolute atomic E-state index is 0.0123. The number of aryl methyl sites for hydroxylation is 1. The maximum Gasteiger partial charge on any atom is 0.243 e. The first kappa shape index (κ1) is 20.9. The third-order valence-electron chi connectivity index (χ3n) is 5.94. The normalized spacial score (nSPS) is 19.5. The van der Waals surface area contributed by atoms with Crippen molar-refractivity contribution in [1.82, 2.24) is 4.31 Å². The zero-order valence-corrected chi connectivity index (χ0v) is 18.3. The fraction of sp³-hybridized carbons (Fsp3) is 0.435. The van der Waals surface area contributed by atoms with Crippen LogP contribution in [0.25, 0.3) is 0 Å². The van der Waals surface area contributed by atoms with Gasteiger partial charge in [0.1, 0.15) is 5.75 Å². The van der Waals surface area contributed by atoms with Crippen molar-refractivity contribution in [3.63, 3.8) is 0 Å². The van der Waals surface area contributed by atoms with Crippen LogP contribution in [-0.2, 0) is 21.2 Å². The number of sulfonamides is 1. The second-order valence-electron chi connectivity index (χ2n) is 7.84. The zero-order valence-electron chi connectivity index (χ0n) is 17.5. The van der Waals surface area contributed by atoms with E-state index in [9.17, 15) is 13.2 Å². The Morgan fingerprint density at radius 2 is 1.87 bits per heavy atom. The molecule has 2 aliphatic rings. The van der Waals surface area contributed by atoms with Gasteiger partial charge in [-0.25, -0.2) is 8.42 Å². The van der Waals surface area contributed by atoms with Crippen LogP contribution in [0.4, 0.5) is 5.69 Å². The molecule has 0 aliphatic carbocycles. The number of anilines is 1. The molecule has 2 aromatic carbocycles. The molecule has 1 atom stereocenters. The summed E-state index contributed by atoms with van der Waals surface area (Å²) in [5, 5.41) is 0. The van der Waals surface area contributed by atoms with E-state index < -0.39 is 10.0 Å². The molecule has 30 heavy (non-hydrogen) atoms. The van der Waals surface area contributed by atoms with E-state index in [0.29, 0.717) is 24.6 Å². The Morgan fingerprint density at radius 3 is 2.57 bits per heavy atom. The molecule has 2 aromatic rings. The van der Waals surface area contributed by atoms with Gasteiger partial charge in [0.05, 0.1) is 17.5 Å². The average molecular weight is 429 g/mol. The van der Waals surface area contributed by atoms with Crippen molar-refractivity contribution in [3.05, 3.63) is 53.6 Å². The molecule has 0 saturated carbocycles. The lowest BCUT2D eigenvalue weighted by Gasteiger charge is -2.30. The van der Waals surface area contributed by atoms with Gasteiger partial charge >= 0.3 is 0 Å². The summed E-state index contributed by atoms with van der Waals surface area (Å²) in [4.78, 5) is 13.9. The van der Waals surface area contributed by atoms with Gasteiger partial charge in [0.15, 0.2) is 0 Å². The van der Waals surface area contributed by atoms with Crippen molar-refractivity contribution >= 4 is 21.6 Å². The lowest BCUT2D eigenvalue weighted by atomic mass is 10.0. The van der Waals surface area contributed by atoms with E-state index in [1.807, 2.05) is 31.2 Å². The van der Waals surface area contributed by atoms with Crippen molar-refractivity contribution in [2.24, 2.45) is 0 Å². The van der Waals surface area contributed by atoms with Crippen molar-refractivity contribution in [3.8, 4) is 5.75 Å². The summed E-state index contributed by atoms with van der Waals surface area (Å²) < 4.78 is 34.1. The molecule has 4 rings (SSSR count).